The van der Waals surface area contributed by atoms with Gasteiger partial charge < -0.3 is 15.5 Å². The van der Waals surface area contributed by atoms with Gasteiger partial charge in [0.15, 0.2) is 5.82 Å². The molecule has 0 bridgehead atoms. The lowest BCUT2D eigenvalue weighted by atomic mass is 10.0. The van der Waals surface area contributed by atoms with Crippen LogP contribution in [-0.4, -0.2) is 46.3 Å². The Labute approximate surface area is 162 Å². The van der Waals surface area contributed by atoms with E-state index in [0.29, 0.717) is 13.1 Å². The molecule has 6 nitrogen and oxygen atoms in total. The molecule has 2 unspecified atom stereocenters. The molecule has 2 N–H and O–H groups in total. The third-order valence-electron chi connectivity index (χ3n) is 5.33. The fourth-order valence-corrected chi connectivity index (χ4v) is 3.85. The molecule has 0 aliphatic carbocycles. The number of nitrogens with two attached hydrogens (primary N) is 1. The van der Waals surface area contributed by atoms with Crippen molar-refractivity contribution in [1.29, 1.82) is 0 Å². The fourth-order valence-electron chi connectivity index (χ4n) is 3.85. The molecule has 1 saturated heterocycles. The first-order valence-electron chi connectivity index (χ1n) is 9.29. The number of aromatic nitrogens is 2. The van der Waals surface area contributed by atoms with Gasteiger partial charge in [-0.3, -0.25) is 0 Å². The van der Waals surface area contributed by atoms with Crippen molar-refractivity contribution < 1.29 is 9.18 Å². The number of carbonyl (C=O) groups excluding carboxylic acids is 1. The molecule has 2 aromatic carbocycles. The van der Waals surface area contributed by atoms with Gasteiger partial charge in [0.25, 0.3) is 0 Å². The van der Waals surface area contributed by atoms with Gasteiger partial charge in [-0.2, -0.15) is 0 Å². The molecule has 7 heteroatoms. The molecule has 1 aromatic heterocycles. The number of primary amides is 1. The maximum atomic E-state index is 13.3. The van der Waals surface area contributed by atoms with E-state index < -0.39 is 6.03 Å². The molecule has 2 amide bonds. The van der Waals surface area contributed by atoms with E-state index in [1.54, 1.807) is 17.0 Å². The number of fused-ring (bicyclic) bond motifs is 1. The number of hydrogen-bond donors (Lipinski definition) is 1. The number of rotatable bonds is 2. The molecule has 0 spiro atoms. The first-order chi connectivity index (χ1) is 13.5. The number of nitrogens with zero attached hydrogens (tertiary/aromatic N) is 4. The Bertz CT molecular complexity index is 1020. The van der Waals surface area contributed by atoms with Gasteiger partial charge in [0.2, 0.25) is 0 Å². The molecule has 1 fully saturated rings. The van der Waals surface area contributed by atoms with Gasteiger partial charge in [-0.05, 0) is 38.1 Å². The molecule has 3 aromatic rings. The number of urea groups is 1. The summed E-state index contributed by atoms with van der Waals surface area (Å²) in [6, 6.07) is 13.8. The van der Waals surface area contributed by atoms with E-state index >= 15 is 0 Å². The summed E-state index contributed by atoms with van der Waals surface area (Å²) in [5, 5.41) is 10.9. The predicted octanol–water partition coefficient (Wildman–Crippen LogP) is 3.41. The molecular weight excluding hydrogens is 357 g/mol. The summed E-state index contributed by atoms with van der Waals surface area (Å²) in [5.74, 6) is 0.498. The van der Waals surface area contributed by atoms with Crippen molar-refractivity contribution in [1.82, 2.24) is 15.1 Å². The van der Waals surface area contributed by atoms with Gasteiger partial charge in [-0.25, -0.2) is 9.18 Å². The first-order valence-corrected chi connectivity index (χ1v) is 9.29. The van der Waals surface area contributed by atoms with Crippen LogP contribution in [0.1, 0.15) is 13.8 Å². The van der Waals surface area contributed by atoms with Crippen molar-refractivity contribution in [2.24, 2.45) is 5.73 Å². The monoisotopic (exact) mass is 379 g/mol. The van der Waals surface area contributed by atoms with Gasteiger partial charge >= 0.3 is 6.03 Å². The Morgan fingerprint density at radius 2 is 1.68 bits per heavy atom. The lowest BCUT2D eigenvalue weighted by molar-refractivity contribution is 0.169. The van der Waals surface area contributed by atoms with Crippen molar-refractivity contribution in [2.75, 3.05) is 18.0 Å². The number of carbonyl (C=O) groups is 1. The van der Waals surface area contributed by atoms with Crippen LogP contribution in [0.3, 0.4) is 0 Å². The molecule has 2 atom stereocenters. The van der Waals surface area contributed by atoms with E-state index in [4.69, 9.17) is 5.73 Å². The zero-order chi connectivity index (χ0) is 19.8. The number of benzene rings is 2. The van der Waals surface area contributed by atoms with Crippen molar-refractivity contribution in [2.45, 2.75) is 25.9 Å². The normalized spacial score (nSPS) is 19.8. The topological polar surface area (TPSA) is 75.3 Å². The summed E-state index contributed by atoms with van der Waals surface area (Å²) in [4.78, 5) is 15.5. The highest BCUT2D eigenvalue weighted by Gasteiger charge is 2.32. The second-order valence-corrected chi connectivity index (χ2v) is 7.27. The second kappa shape index (κ2) is 7.07. The number of piperazine rings is 1. The first kappa shape index (κ1) is 18.2. The highest BCUT2D eigenvalue weighted by atomic mass is 19.1. The Morgan fingerprint density at radius 3 is 2.36 bits per heavy atom. The minimum Gasteiger partial charge on any atom is -0.351 e. The number of halogens is 1. The smallest absolute Gasteiger partial charge is 0.315 e. The van der Waals surface area contributed by atoms with Crippen LogP contribution < -0.4 is 10.6 Å². The molecule has 144 valence electrons. The second-order valence-electron chi connectivity index (χ2n) is 7.27. The van der Waals surface area contributed by atoms with Gasteiger partial charge in [-0.1, -0.05) is 24.3 Å². The van der Waals surface area contributed by atoms with E-state index in [1.807, 2.05) is 38.1 Å². The van der Waals surface area contributed by atoms with Crippen molar-refractivity contribution in [3.05, 3.63) is 54.3 Å². The minimum absolute atomic E-state index is 0.0222. The van der Waals surface area contributed by atoms with Crippen LogP contribution in [0, 0.1) is 5.82 Å². The summed E-state index contributed by atoms with van der Waals surface area (Å²) in [5.41, 5.74) is 7.04. The third-order valence-corrected chi connectivity index (χ3v) is 5.33. The van der Waals surface area contributed by atoms with Crippen LogP contribution in [0.5, 0.6) is 0 Å². The largest absolute Gasteiger partial charge is 0.351 e. The number of amides is 2. The summed E-state index contributed by atoms with van der Waals surface area (Å²) >= 11 is 0. The van der Waals surface area contributed by atoms with Gasteiger partial charge in [0.1, 0.15) is 11.5 Å². The quantitative estimate of drug-likeness (QED) is 0.740. The Morgan fingerprint density at radius 1 is 1.00 bits per heavy atom. The van der Waals surface area contributed by atoms with E-state index in [2.05, 4.69) is 15.1 Å². The van der Waals surface area contributed by atoms with Crippen LogP contribution in [0.2, 0.25) is 0 Å². The summed E-state index contributed by atoms with van der Waals surface area (Å²) in [7, 11) is 0. The molecule has 1 aliphatic rings. The SMILES string of the molecule is CC1CN(c2nnc(-c3ccc(F)cc3)c3ccccc23)C(C)CN1C(N)=O. The summed E-state index contributed by atoms with van der Waals surface area (Å²) in [6.45, 7) is 5.18. The predicted molar refractivity (Wildman–Crippen MR) is 107 cm³/mol. The van der Waals surface area contributed by atoms with Crippen LogP contribution in [0.25, 0.3) is 22.0 Å². The molecule has 4 rings (SSSR count). The average molecular weight is 379 g/mol. The van der Waals surface area contributed by atoms with Crippen molar-refractivity contribution >= 4 is 22.6 Å². The fraction of sp³-hybridized carbons (Fsp3) is 0.286. The molecule has 1 aliphatic heterocycles. The minimum atomic E-state index is -0.401. The van der Waals surface area contributed by atoms with E-state index in [1.165, 1.54) is 12.1 Å². The van der Waals surface area contributed by atoms with Gasteiger partial charge in [0.05, 0.1) is 0 Å². The zero-order valence-corrected chi connectivity index (χ0v) is 15.8. The Kier molecular flexibility index (Phi) is 4.58. The molecule has 0 radical (unpaired) electrons. The molecule has 0 saturated carbocycles. The van der Waals surface area contributed by atoms with Crippen LogP contribution in [-0.2, 0) is 0 Å². The Hall–Kier alpha value is -3.22. The third kappa shape index (κ3) is 3.13. The van der Waals surface area contributed by atoms with Gasteiger partial charge in [0, 0.05) is 41.5 Å². The average Bonchev–Trinajstić information content (AvgIpc) is 2.69. The Balaban J connectivity index is 1.78. The van der Waals surface area contributed by atoms with Gasteiger partial charge in [-0.15, -0.1) is 10.2 Å². The summed E-state index contributed by atoms with van der Waals surface area (Å²) < 4.78 is 13.3. The number of hydrogen-bond acceptors (Lipinski definition) is 4. The van der Waals surface area contributed by atoms with E-state index in [0.717, 1.165) is 27.8 Å². The molecule has 2 heterocycles. The lowest BCUT2D eigenvalue weighted by Gasteiger charge is -2.44. The number of anilines is 1. The van der Waals surface area contributed by atoms with E-state index in [9.17, 15) is 9.18 Å². The molecular formula is C21H22FN5O. The maximum absolute atomic E-state index is 13.3. The highest BCUT2D eigenvalue weighted by molar-refractivity contribution is 6.00. The van der Waals surface area contributed by atoms with E-state index in [-0.39, 0.29) is 17.9 Å². The highest BCUT2D eigenvalue weighted by Crippen LogP contribution is 2.33. The van der Waals surface area contributed by atoms with Crippen LogP contribution in [0.4, 0.5) is 15.0 Å². The molecule has 28 heavy (non-hydrogen) atoms. The lowest BCUT2D eigenvalue weighted by Crippen LogP contribution is -2.59. The maximum Gasteiger partial charge on any atom is 0.315 e. The van der Waals surface area contributed by atoms with Crippen molar-refractivity contribution in [3.63, 3.8) is 0 Å². The van der Waals surface area contributed by atoms with Crippen molar-refractivity contribution in [3.8, 4) is 11.3 Å². The van der Waals surface area contributed by atoms with Crippen LogP contribution in [0.15, 0.2) is 48.5 Å². The van der Waals surface area contributed by atoms with Crippen LogP contribution >= 0.6 is 0 Å². The summed E-state index contributed by atoms with van der Waals surface area (Å²) in [6.07, 6.45) is 0. The standard InChI is InChI=1S/C21H22FN5O/c1-13-12-27(21(23)28)14(2)11-26(13)20-18-6-4-3-5-17(18)19(24-25-20)15-7-9-16(22)10-8-15/h3-10,13-14H,11-12H2,1-2H3,(H2,23,28). The zero-order valence-electron chi connectivity index (χ0n) is 15.8.